The van der Waals surface area contributed by atoms with Crippen molar-refractivity contribution in [1.29, 1.82) is 0 Å². The van der Waals surface area contributed by atoms with Crippen LogP contribution in [0.2, 0.25) is 0 Å². The number of ether oxygens (including phenoxy) is 1. The molecule has 0 aliphatic carbocycles. The van der Waals surface area contributed by atoms with Gasteiger partial charge in [0.15, 0.2) is 5.96 Å². The molecule has 2 aromatic rings. The van der Waals surface area contributed by atoms with E-state index in [4.69, 9.17) is 10.5 Å². The number of hydrogen-bond donors (Lipinski definition) is 4. The summed E-state index contributed by atoms with van der Waals surface area (Å²) in [5.41, 5.74) is 6.39. The number of halogens is 1. The van der Waals surface area contributed by atoms with E-state index in [-0.39, 0.29) is 24.4 Å². The Balaban J connectivity index is 1.77. The molecule has 1 atom stereocenters. The fourth-order valence-electron chi connectivity index (χ4n) is 2.48. The van der Waals surface area contributed by atoms with Gasteiger partial charge in [-0.3, -0.25) is 14.6 Å². The fourth-order valence-corrected chi connectivity index (χ4v) is 2.48. The summed E-state index contributed by atoms with van der Waals surface area (Å²) in [6, 6.07) is 12.8. The summed E-state index contributed by atoms with van der Waals surface area (Å²) in [6.45, 7) is 2.69. The number of carbonyl (C=O) groups excluding carboxylic acids is 2. The normalized spacial score (nSPS) is 12.0. The summed E-state index contributed by atoms with van der Waals surface area (Å²) in [5, 5.41) is 8.77. The van der Waals surface area contributed by atoms with Crippen LogP contribution in [0.1, 0.15) is 22.8 Å². The first-order valence-electron chi connectivity index (χ1n) is 9.39. The molecule has 160 valence electrons. The Morgan fingerprint density at radius 3 is 2.33 bits per heavy atom. The lowest BCUT2D eigenvalue weighted by Crippen LogP contribution is -2.41. The van der Waals surface area contributed by atoms with Crippen molar-refractivity contribution in [3.8, 4) is 5.75 Å². The average molecular weight is 415 g/mol. The highest BCUT2D eigenvalue weighted by Crippen LogP contribution is 2.12. The zero-order valence-electron chi connectivity index (χ0n) is 16.9. The Kier molecular flexibility index (Phi) is 8.61. The van der Waals surface area contributed by atoms with Crippen molar-refractivity contribution >= 4 is 17.8 Å². The predicted octanol–water partition coefficient (Wildman–Crippen LogP) is 1.17. The predicted molar refractivity (Wildman–Crippen MR) is 113 cm³/mol. The highest BCUT2D eigenvalue weighted by Gasteiger charge is 2.08. The molecule has 0 saturated carbocycles. The van der Waals surface area contributed by atoms with Gasteiger partial charge in [-0.2, -0.15) is 0 Å². The number of carbonyl (C=O) groups is 2. The number of primary amides is 1. The molecule has 0 saturated heterocycles. The number of nitrogens with one attached hydrogen (secondary N) is 3. The third kappa shape index (κ3) is 7.78. The minimum atomic E-state index is -0.597. The number of hydrogen-bond acceptors (Lipinski definition) is 4. The van der Waals surface area contributed by atoms with Crippen LogP contribution in [0.15, 0.2) is 53.5 Å². The molecule has 8 nitrogen and oxygen atoms in total. The van der Waals surface area contributed by atoms with Crippen LogP contribution in [-0.2, 0) is 11.3 Å². The molecule has 0 bridgehead atoms. The van der Waals surface area contributed by atoms with Crippen LogP contribution >= 0.6 is 0 Å². The molecule has 0 aliphatic rings. The molecule has 0 fully saturated rings. The monoisotopic (exact) mass is 415 g/mol. The molecule has 0 heterocycles. The molecule has 2 aromatic carbocycles. The Labute approximate surface area is 174 Å². The number of rotatable bonds is 9. The van der Waals surface area contributed by atoms with E-state index >= 15 is 0 Å². The number of benzene rings is 2. The molecule has 0 radical (unpaired) electrons. The number of nitrogens with two attached hydrogens (primary N) is 1. The van der Waals surface area contributed by atoms with Gasteiger partial charge in [-0.15, -0.1) is 0 Å². The van der Waals surface area contributed by atoms with Crippen molar-refractivity contribution in [1.82, 2.24) is 16.0 Å². The summed E-state index contributed by atoms with van der Waals surface area (Å²) >= 11 is 0. The van der Waals surface area contributed by atoms with Gasteiger partial charge in [-0.25, -0.2) is 4.39 Å². The van der Waals surface area contributed by atoms with Crippen molar-refractivity contribution in [2.45, 2.75) is 19.6 Å². The molecule has 5 N–H and O–H groups in total. The molecule has 2 amide bonds. The van der Waals surface area contributed by atoms with E-state index in [0.29, 0.717) is 30.4 Å². The van der Waals surface area contributed by atoms with Crippen molar-refractivity contribution < 1.29 is 18.7 Å². The van der Waals surface area contributed by atoms with E-state index in [2.05, 4.69) is 20.9 Å². The van der Waals surface area contributed by atoms with Gasteiger partial charge in [0, 0.05) is 19.2 Å². The summed E-state index contributed by atoms with van der Waals surface area (Å²) in [6.07, 6.45) is -0.160. The SMILES string of the molecule is CN=C(NCc1ccc(C(=O)NCC(N)=O)cc1)NCC(C)Oc1ccc(F)cc1. The molecule has 0 spiro atoms. The smallest absolute Gasteiger partial charge is 0.251 e. The van der Waals surface area contributed by atoms with Crippen LogP contribution in [0.4, 0.5) is 4.39 Å². The van der Waals surface area contributed by atoms with Crippen molar-refractivity contribution in [3.63, 3.8) is 0 Å². The summed E-state index contributed by atoms with van der Waals surface area (Å²) in [4.78, 5) is 26.8. The van der Waals surface area contributed by atoms with E-state index in [9.17, 15) is 14.0 Å². The summed E-state index contributed by atoms with van der Waals surface area (Å²) < 4.78 is 18.7. The number of guanidine groups is 1. The first-order valence-corrected chi connectivity index (χ1v) is 9.39. The van der Waals surface area contributed by atoms with Gasteiger partial charge in [-0.1, -0.05) is 12.1 Å². The standard InChI is InChI=1S/C21H26FN5O3/c1-14(30-18-9-7-17(22)8-10-18)11-26-21(24-2)27-12-15-3-5-16(6-4-15)20(29)25-13-19(23)28/h3-10,14H,11-13H2,1-2H3,(H2,23,28)(H,25,29)(H2,24,26,27). The average Bonchev–Trinajstić information content (AvgIpc) is 2.74. The van der Waals surface area contributed by atoms with E-state index in [1.165, 1.54) is 12.1 Å². The lowest BCUT2D eigenvalue weighted by molar-refractivity contribution is -0.117. The molecule has 2 rings (SSSR count). The van der Waals surface area contributed by atoms with Crippen LogP contribution in [0, 0.1) is 5.82 Å². The van der Waals surface area contributed by atoms with E-state index in [0.717, 1.165) is 5.56 Å². The Morgan fingerprint density at radius 2 is 1.73 bits per heavy atom. The number of aliphatic imine (C=N–C) groups is 1. The Bertz CT molecular complexity index is 869. The zero-order chi connectivity index (χ0) is 21.9. The lowest BCUT2D eigenvalue weighted by atomic mass is 10.1. The van der Waals surface area contributed by atoms with Gasteiger partial charge < -0.3 is 26.4 Å². The molecular formula is C21H26FN5O3. The summed E-state index contributed by atoms with van der Waals surface area (Å²) in [7, 11) is 1.66. The topological polar surface area (TPSA) is 118 Å². The molecular weight excluding hydrogens is 389 g/mol. The first kappa shape index (κ1) is 22.7. The largest absolute Gasteiger partial charge is 0.489 e. The van der Waals surface area contributed by atoms with Crippen molar-refractivity contribution in [3.05, 3.63) is 65.5 Å². The fraction of sp³-hybridized carbons (Fsp3) is 0.286. The highest BCUT2D eigenvalue weighted by molar-refractivity contribution is 5.96. The molecule has 30 heavy (non-hydrogen) atoms. The maximum atomic E-state index is 12.9. The lowest BCUT2D eigenvalue weighted by Gasteiger charge is -2.18. The van der Waals surface area contributed by atoms with Gasteiger partial charge >= 0.3 is 0 Å². The van der Waals surface area contributed by atoms with Gasteiger partial charge in [0.2, 0.25) is 5.91 Å². The highest BCUT2D eigenvalue weighted by atomic mass is 19.1. The Morgan fingerprint density at radius 1 is 1.07 bits per heavy atom. The first-order chi connectivity index (χ1) is 14.4. The zero-order valence-corrected chi connectivity index (χ0v) is 16.9. The van der Waals surface area contributed by atoms with Gasteiger partial charge in [0.05, 0.1) is 13.1 Å². The second-order valence-electron chi connectivity index (χ2n) is 6.53. The second kappa shape index (κ2) is 11.4. The minimum Gasteiger partial charge on any atom is -0.489 e. The molecule has 9 heteroatoms. The van der Waals surface area contributed by atoms with Crippen LogP contribution in [0.3, 0.4) is 0 Å². The van der Waals surface area contributed by atoms with E-state index in [1.54, 1.807) is 43.4 Å². The minimum absolute atomic E-state index is 0.160. The van der Waals surface area contributed by atoms with Gasteiger partial charge in [0.25, 0.3) is 5.91 Å². The van der Waals surface area contributed by atoms with E-state index in [1.807, 2.05) is 6.92 Å². The maximum Gasteiger partial charge on any atom is 0.251 e. The van der Waals surface area contributed by atoms with Crippen molar-refractivity contribution in [2.24, 2.45) is 10.7 Å². The van der Waals surface area contributed by atoms with Gasteiger partial charge in [-0.05, 0) is 48.9 Å². The number of nitrogens with zero attached hydrogens (tertiary/aromatic N) is 1. The third-order valence-electron chi connectivity index (χ3n) is 4.03. The van der Waals surface area contributed by atoms with Crippen LogP contribution in [0.25, 0.3) is 0 Å². The Hall–Kier alpha value is -3.62. The van der Waals surface area contributed by atoms with Crippen LogP contribution in [0.5, 0.6) is 5.75 Å². The molecule has 0 aliphatic heterocycles. The van der Waals surface area contributed by atoms with Crippen LogP contribution in [-0.4, -0.2) is 44.0 Å². The second-order valence-corrected chi connectivity index (χ2v) is 6.53. The van der Waals surface area contributed by atoms with Crippen molar-refractivity contribution in [2.75, 3.05) is 20.1 Å². The quantitative estimate of drug-likeness (QED) is 0.362. The number of amides is 2. The van der Waals surface area contributed by atoms with E-state index < -0.39 is 5.91 Å². The summed E-state index contributed by atoms with van der Waals surface area (Å²) in [5.74, 6) is -0.0835. The molecule has 1 unspecified atom stereocenters. The maximum absolute atomic E-state index is 12.9. The third-order valence-corrected chi connectivity index (χ3v) is 4.03. The van der Waals surface area contributed by atoms with Crippen LogP contribution < -0.4 is 26.4 Å². The molecule has 0 aromatic heterocycles. The van der Waals surface area contributed by atoms with Gasteiger partial charge in [0.1, 0.15) is 17.7 Å².